The van der Waals surface area contributed by atoms with E-state index in [1.807, 2.05) is 30.4 Å². The van der Waals surface area contributed by atoms with Gasteiger partial charge in [0.2, 0.25) is 0 Å². The fourth-order valence-electron chi connectivity index (χ4n) is 2.11. The molecule has 0 aromatic carbocycles. The second kappa shape index (κ2) is 6.12. The van der Waals surface area contributed by atoms with E-state index >= 15 is 0 Å². The molecule has 2 rings (SSSR count). The molecule has 100 valence electrons. The van der Waals surface area contributed by atoms with Gasteiger partial charge in [0.05, 0.1) is 5.25 Å². The second-order valence-corrected chi connectivity index (χ2v) is 7.09. The van der Waals surface area contributed by atoms with E-state index in [2.05, 4.69) is 16.9 Å². The van der Waals surface area contributed by atoms with E-state index in [9.17, 15) is 4.79 Å². The van der Waals surface area contributed by atoms with Crippen LogP contribution in [0.25, 0.3) is 0 Å². The van der Waals surface area contributed by atoms with Crippen LogP contribution in [0.1, 0.15) is 29.3 Å². The SMILES string of the molecule is Cc1nc(C2SCCSC2C)[nH]c(=O)c1CCO. The van der Waals surface area contributed by atoms with Crippen molar-refractivity contribution in [1.82, 2.24) is 9.97 Å². The Hall–Kier alpha value is -0.460. The van der Waals surface area contributed by atoms with Crippen molar-refractivity contribution in [1.29, 1.82) is 0 Å². The first-order valence-electron chi connectivity index (χ1n) is 6.07. The van der Waals surface area contributed by atoms with Crippen molar-refractivity contribution in [2.45, 2.75) is 30.8 Å². The number of hydrogen-bond donors (Lipinski definition) is 2. The van der Waals surface area contributed by atoms with Gasteiger partial charge < -0.3 is 10.1 Å². The third-order valence-corrected chi connectivity index (χ3v) is 6.16. The summed E-state index contributed by atoms with van der Waals surface area (Å²) in [5.41, 5.74) is 1.24. The molecule has 1 aliphatic heterocycles. The zero-order chi connectivity index (χ0) is 13.1. The number of aliphatic hydroxyl groups is 1. The van der Waals surface area contributed by atoms with E-state index in [-0.39, 0.29) is 17.4 Å². The molecule has 1 aromatic rings. The average molecular weight is 286 g/mol. The number of aliphatic hydroxyl groups excluding tert-OH is 1. The molecule has 4 nitrogen and oxygen atoms in total. The van der Waals surface area contributed by atoms with E-state index in [1.54, 1.807) is 0 Å². The van der Waals surface area contributed by atoms with Gasteiger partial charge in [0.25, 0.3) is 5.56 Å². The number of thioether (sulfide) groups is 2. The van der Waals surface area contributed by atoms with Crippen LogP contribution in [0, 0.1) is 6.92 Å². The molecule has 2 unspecified atom stereocenters. The second-order valence-electron chi connectivity index (χ2n) is 4.36. The van der Waals surface area contributed by atoms with Crippen LogP contribution in [-0.2, 0) is 6.42 Å². The van der Waals surface area contributed by atoms with Crippen LogP contribution < -0.4 is 5.56 Å². The molecule has 1 aromatic heterocycles. The summed E-state index contributed by atoms with van der Waals surface area (Å²) in [7, 11) is 0. The van der Waals surface area contributed by atoms with Gasteiger partial charge in [0, 0.05) is 41.0 Å². The van der Waals surface area contributed by atoms with Gasteiger partial charge in [-0.2, -0.15) is 11.8 Å². The highest BCUT2D eigenvalue weighted by molar-refractivity contribution is 8.06. The summed E-state index contributed by atoms with van der Waals surface area (Å²) < 4.78 is 0. The van der Waals surface area contributed by atoms with Crippen molar-refractivity contribution < 1.29 is 5.11 Å². The molecule has 6 heteroatoms. The summed E-state index contributed by atoms with van der Waals surface area (Å²) in [5, 5.41) is 9.67. The molecule has 2 N–H and O–H groups in total. The number of aryl methyl sites for hydroxylation is 1. The van der Waals surface area contributed by atoms with Crippen LogP contribution in [0.2, 0.25) is 0 Å². The Morgan fingerprint density at radius 2 is 2.17 bits per heavy atom. The summed E-state index contributed by atoms with van der Waals surface area (Å²) in [5.74, 6) is 3.04. The average Bonchev–Trinajstić information content (AvgIpc) is 2.34. The van der Waals surface area contributed by atoms with Gasteiger partial charge >= 0.3 is 0 Å². The molecule has 2 heterocycles. The van der Waals surface area contributed by atoms with Crippen molar-refractivity contribution in [2.24, 2.45) is 0 Å². The lowest BCUT2D eigenvalue weighted by atomic mass is 10.1. The van der Waals surface area contributed by atoms with Gasteiger partial charge in [-0.1, -0.05) is 6.92 Å². The minimum atomic E-state index is -0.102. The predicted octanol–water partition coefficient (Wildman–Crippen LogP) is 1.52. The van der Waals surface area contributed by atoms with Crippen molar-refractivity contribution in [3.05, 3.63) is 27.4 Å². The maximum atomic E-state index is 12.0. The molecule has 0 radical (unpaired) electrons. The molecule has 2 atom stereocenters. The van der Waals surface area contributed by atoms with E-state index in [1.165, 1.54) is 0 Å². The normalized spacial score (nSPS) is 24.2. The molecule has 0 spiro atoms. The van der Waals surface area contributed by atoms with Gasteiger partial charge in [0.15, 0.2) is 0 Å². The maximum absolute atomic E-state index is 12.0. The molecular weight excluding hydrogens is 268 g/mol. The molecule has 1 saturated heterocycles. The first-order valence-corrected chi connectivity index (χ1v) is 8.17. The first-order chi connectivity index (χ1) is 8.63. The zero-order valence-corrected chi connectivity index (χ0v) is 12.2. The summed E-state index contributed by atoms with van der Waals surface area (Å²) in [6, 6.07) is 0. The standard InChI is InChI=1S/C12H18N2O2S2/c1-7-9(3-4-15)12(16)14-11(13-7)10-8(2)17-5-6-18-10/h8,10,15H,3-6H2,1-2H3,(H,13,14,16). The van der Waals surface area contributed by atoms with E-state index in [0.29, 0.717) is 17.2 Å². The molecule has 0 bridgehead atoms. The molecule has 0 aliphatic carbocycles. The Morgan fingerprint density at radius 3 is 2.78 bits per heavy atom. The monoisotopic (exact) mass is 286 g/mol. The Morgan fingerprint density at radius 1 is 1.44 bits per heavy atom. The Kier molecular flexibility index (Phi) is 4.75. The number of nitrogens with one attached hydrogen (secondary N) is 1. The number of rotatable bonds is 3. The van der Waals surface area contributed by atoms with Crippen LogP contribution in [0.15, 0.2) is 4.79 Å². The van der Waals surface area contributed by atoms with E-state index in [4.69, 9.17) is 5.11 Å². The fourth-order valence-corrected chi connectivity index (χ4v) is 4.82. The third kappa shape index (κ3) is 2.92. The Bertz CT molecular complexity index is 476. The van der Waals surface area contributed by atoms with E-state index in [0.717, 1.165) is 23.0 Å². The lowest BCUT2D eigenvalue weighted by Crippen LogP contribution is -2.25. The fraction of sp³-hybridized carbons (Fsp3) is 0.667. The topological polar surface area (TPSA) is 66.0 Å². The quantitative estimate of drug-likeness (QED) is 0.882. The highest BCUT2D eigenvalue weighted by atomic mass is 32.2. The zero-order valence-electron chi connectivity index (χ0n) is 10.6. The number of hydrogen-bond acceptors (Lipinski definition) is 5. The minimum absolute atomic E-state index is 0.0185. The summed E-state index contributed by atoms with van der Waals surface area (Å²) in [6.07, 6.45) is 0.372. The van der Waals surface area contributed by atoms with E-state index < -0.39 is 0 Å². The highest BCUT2D eigenvalue weighted by Crippen LogP contribution is 2.40. The van der Waals surface area contributed by atoms with Gasteiger partial charge in [-0.15, -0.1) is 11.8 Å². The third-order valence-electron chi connectivity index (χ3n) is 3.06. The lowest BCUT2D eigenvalue weighted by Gasteiger charge is -2.27. The largest absolute Gasteiger partial charge is 0.396 e. The Labute approximate surface area is 115 Å². The van der Waals surface area contributed by atoms with Gasteiger partial charge in [0.1, 0.15) is 5.82 Å². The van der Waals surface area contributed by atoms with Gasteiger partial charge in [-0.05, 0) is 6.92 Å². The number of aromatic nitrogens is 2. The molecule has 0 saturated carbocycles. The van der Waals surface area contributed by atoms with Gasteiger partial charge in [-0.25, -0.2) is 4.98 Å². The van der Waals surface area contributed by atoms with Crippen LogP contribution >= 0.6 is 23.5 Å². The van der Waals surface area contributed by atoms with Crippen LogP contribution in [0.4, 0.5) is 0 Å². The summed E-state index contributed by atoms with van der Waals surface area (Å²) >= 11 is 3.78. The number of nitrogens with zero attached hydrogens (tertiary/aromatic N) is 1. The van der Waals surface area contributed by atoms with Crippen molar-refractivity contribution in [3.63, 3.8) is 0 Å². The Balaban J connectivity index is 2.32. The predicted molar refractivity (Wildman–Crippen MR) is 77.5 cm³/mol. The molecule has 1 fully saturated rings. The maximum Gasteiger partial charge on any atom is 0.254 e. The van der Waals surface area contributed by atoms with Crippen molar-refractivity contribution in [3.8, 4) is 0 Å². The van der Waals surface area contributed by atoms with Crippen molar-refractivity contribution >= 4 is 23.5 Å². The molecular formula is C12H18N2O2S2. The molecule has 0 amide bonds. The number of H-pyrrole nitrogens is 1. The highest BCUT2D eigenvalue weighted by Gasteiger charge is 2.26. The van der Waals surface area contributed by atoms with Crippen LogP contribution in [0.3, 0.4) is 0 Å². The molecule has 1 aliphatic rings. The van der Waals surface area contributed by atoms with Gasteiger partial charge in [-0.3, -0.25) is 4.79 Å². The smallest absolute Gasteiger partial charge is 0.254 e. The van der Waals surface area contributed by atoms with Crippen molar-refractivity contribution in [2.75, 3.05) is 18.1 Å². The lowest BCUT2D eigenvalue weighted by molar-refractivity contribution is 0.298. The van der Waals surface area contributed by atoms with Crippen LogP contribution in [0.5, 0.6) is 0 Å². The number of aromatic amines is 1. The molecule has 18 heavy (non-hydrogen) atoms. The summed E-state index contributed by atoms with van der Waals surface area (Å²) in [6.45, 7) is 4.00. The first kappa shape index (κ1) is 14.0. The minimum Gasteiger partial charge on any atom is -0.396 e. The summed E-state index contributed by atoms with van der Waals surface area (Å²) in [4.78, 5) is 19.4. The van der Waals surface area contributed by atoms with Crippen LogP contribution in [-0.4, -0.2) is 38.4 Å².